The van der Waals surface area contributed by atoms with E-state index in [9.17, 15) is 9.59 Å². The van der Waals surface area contributed by atoms with Gasteiger partial charge >= 0.3 is 0 Å². The molecule has 11 heavy (non-hydrogen) atoms. The highest BCUT2D eigenvalue weighted by atomic mass is 16.1. The summed E-state index contributed by atoms with van der Waals surface area (Å²) in [5, 5.41) is 0. The maximum absolute atomic E-state index is 11.1. The van der Waals surface area contributed by atoms with E-state index in [1.54, 1.807) is 6.92 Å². The molecule has 64 valence electrons. The Bertz CT molecular complexity index is 161. The van der Waals surface area contributed by atoms with Crippen molar-refractivity contribution in [2.75, 3.05) is 0 Å². The molecule has 0 heterocycles. The van der Waals surface area contributed by atoms with Crippen molar-refractivity contribution < 1.29 is 9.59 Å². The number of hydrogen-bond acceptors (Lipinski definition) is 2. The Labute approximate surface area is 68.0 Å². The van der Waals surface area contributed by atoms with Crippen LogP contribution in [0, 0.1) is 11.8 Å². The Balaban J connectivity index is 4.12. The van der Waals surface area contributed by atoms with Gasteiger partial charge in [-0.1, -0.05) is 20.8 Å². The minimum atomic E-state index is -0.123. The zero-order valence-corrected chi connectivity index (χ0v) is 7.68. The van der Waals surface area contributed by atoms with Crippen molar-refractivity contribution >= 4 is 11.6 Å². The molecule has 0 rings (SSSR count). The standard InChI is InChI=1S/C9H16O2/c1-5-9(11)7(3)6(2)8(4)10/h6-7H,5H2,1-4H3. The average Bonchev–Trinajstić information content (AvgIpc) is 2.00. The molecule has 0 aliphatic heterocycles. The fourth-order valence-corrected chi connectivity index (χ4v) is 0.953. The van der Waals surface area contributed by atoms with Gasteiger partial charge in [0.1, 0.15) is 11.6 Å². The van der Waals surface area contributed by atoms with E-state index < -0.39 is 0 Å². The predicted octanol–water partition coefficient (Wildman–Crippen LogP) is 1.83. The first-order valence-corrected chi connectivity index (χ1v) is 4.03. The molecule has 0 saturated carbocycles. The van der Waals surface area contributed by atoms with Crippen LogP contribution in [-0.4, -0.2) is 11.6 Å². The molecule has 0 aliphatic rings. The van der Waals surface area contributed by atoms with Crippen LogP contribution in [0.5, 0.6) is 0 Å². The predicted molar refractivity (Wildman–Crippen MR) is 44.3 cm³/mol. The van der Waals surface area contributed by atoms with Crippen molar-refractivity contribution in [2.24, 2.45) is 11.8 Å². The van der Waals surface area contributed by atoms with Gasteiger partial charge in [0.2, 0.25) is 0 Å². The maximum atomic E-state index is 11.1. The van der Waals surface area contributed by atoms with Crippen LogP contribution in [-0.2, 0) is 9.59 Å². The lowest BCUT2D eigenvalue weighted by atomic mass is 9.88. The Morgan fingerprint density at radius 1 is 1.18 bits per heavy atom. The van der Waals surface area contributed by atoms with E-state index in [0.717, 1.165) is 0 Å². The zero-order valence-electron chi connectivity index (χ0n) is 7.68. The van der Waals surface area contributed by atoms with Crippen molar-refractivity contribution in [3.8, 4) is 0 Å². The molecular formula is C9H16O2. The molecule has 0 amide bonds. The van der Waals surface area contributed by atoms with Crippen molar-refractivity contribution in [1.82, 2.24) is 0 Å². The molecule has 2 nitrogen and oxygen atoms in total. The van der Waals surface area contributed by atoms with Crippen molar-refractivity contribution in [3.63, 3.8) is 0 Å². The third-order valence-corrected chi connectivity index (χ3v) is 2.25. The zero-order chi connectivity index (χ0) is 9.02. The second-order valence-corrected chi connectivity index (χ2v) is 3.01. The minimum absolute atomic E-state index is 0.0966. The van der Waals surface area contributed by atoms with Crippen LogP contribution in [0.2, 0.25) is 0 Å². The Hall–Kier alpha value is -0.660. The molecule has 0 spiro atoms. The smallest absolute Gasteiger partial charge is 0.136 e. The van der Waals surface area contributed by atoms with Crippen molar-refractivity contribution in [2.45, 2.75) is 34.1 Å². The summed E-state index contributed by atoms with van der Waals surface area (Å²) < 4.78 is 0. The van der Waals surface area contributed by atoms with E-state index in [-0.39, 0.29) is 23.4 Å². The van der Waals surface area contributed by atoms with Crippen LogP contribution in [0.3, 0.4) is 0 Å². The maximum Gasteiger partial charge on any atom is 0.136 e. The summed E-state index contributed by atoms with van der Waals surface area (Å²) >= 11 is 0. The fourth-order valence-electron chi connectivity index (χ4n) is 0.953. The molecule has 2 atom stereocenters. The van der Waals surface area contributed by atoms with Gasteiger partial charge in [0.25, 0.3) is 0 Å². The third-order valence-electron chi connectivity index (χ3n) is 2.25. The highest BCUT2D eigenvalue weighted by Crippen LogP contribution is 2.14. The summed E-state index contributed by atoms with van der Waals surface area (Å²) in [5.41, 5.74) is 0. The monoisotopic (exact) mass is 156 g/mol. The number of ketones is 2. The molecule has 2 heteroatoms. The largest absolute Gasteiger partial charge is 0.300 e. The third kappa shape index (κ3) is 2.83. The molecule has 0 radical (unpaired) electrons. The van der Waals surface area contributed by atoms with Crippen LogP contribution in [0.4, 0.5) is 0 Å². The van der Waals surface area contributed by atoms with Gasteiger partial charge in [-0.05, 0) is 6.92 Å². The number of carbonyl (C=O) groups excluding carboxylic acids is 2. The molecular weight excluding hydrogens is 140 g/mol. The van der Waals surface area contributed by atoms with Crippen LogP contribution in [0.15, 0.2) is 0 Å². The molecule has 0 fully saturated rings. The summed E-state index contributed by atoms with van der Waals surface area (Å²) in [6.45, 7) is 6.98. The Morgan fingerprint density at radius 3 is 1.91 bits per heavy atom. The van der Waals surface area contributed by atoms with E-state index in [1.165, 1.54) is 6.92 Å². The van der Waals surface area contributed by atoms with Gasteiger partial charge in [-0.15, -0.1) is 0 Å². The molecule has 0 saturated heterocycles. The highest BCUT2D eigenvalue weighted by molar-refractivity contribution is 5.88. The summed E-state index contributed by atoms with van der Waals surface area (Å²) in [7, 11) is 0. The summed E-state index contributed by atoms with van der Waals surface area (Å²) in [5.74, 6) is 0.0342. The Kier molecular flexibility index (Phi) is 4.01. The molecule has 0 bridgehead atoms. The molecule has 0 aromatic heterocycles. The second-order valence-electron chi connectivity index (χ2n) is 3.01. The van der Waals surface area contributed by atoms with Gasteiger partial charge in [0.05, 0.1) is 0 Å². The lowest BCUT2D eigenvalue weighted by Gasteiger charge is -2.14. The quantitative estimate of drug-likeness (QED) is 0.622. The van der Waals surface area contributed by atoms with E-state index in [4.69, 9.17) is 0 Å². The number of hydrogen-bond donors (Lipinski definition) is 0. The van der Waals surface area contributed by atoms with Gasteiger partial charge in [0.15, 0.2) is 0 Å². The number of rotatable bonds is 4. The van der Waals surface area contributed by atoms with E-state index >= 15 is 0 Å². The summed E-state index contributed by atoms with van der Waals surface area (Å²) in [6, 6.07) is 0. The highest BCUT2D eigenvalue weighted by Gasteiger charge is 2.21. The molecule has 0 aromatic rings. The number of Topliss-reactive ketones (excluding diaryl/α,β-unsaturated/α-hetero) is 2. The molecule has 2 unspecified atom stereocenters. The van der Waals surface area contributed by atoms with Crippen LogP contribution in [0.25, 0.3) is 0 Å². The van der Waals surface area contributed by atoms with Gasteiger partial charge in [-0.3, -0.25) is 9.59 Å². The minimum Gasteiger partial charge on any atom is -0.300 e. The molecule has 0 N–H and O–H groups in total. The molecule has 0 aromatic carbocycles. The van der Waals surface area contributed by atoms with Crippen molar-refractivity contribution in [3.05, 3.63) is 0 Å². The first-order valence-electron chi connectivity index (χ1n) is 4.03. The average molecular weight is 156 g/mol. The van der Waals surface area contributed by atoms with E-state index in [1.807, 2.05) is 13.8 Å². The Morgan fingerprint density at radius 2 is 1.64 bits per heavy atom. The first kappa shape index (κ1) is 10.3. The van der Waals surface area contributed by atoms with Crippen LogP contribution < -0.4 is 0 Å². The summed E-state index contributed by atoms with van der Waals surface area (Å²) in [4.78, 5) is 22.0. The summed E-state index contributed by atoms with van der Waals surface area (Å²) in [6.07, 6.45) is 0.527. The van der Waals surface area contributed by atoms with Crippen LogP contribution in [0.1, 0.15) is 34.1 Å². The lowest BCUT2D eigenvalue weighted by Crippen LogP contribution is -2.23. The van der Waals surface area contributed by atoms with Gasteiger partial charge in [-0.25, -0.2) is 0 Å². The lowest BCUT2D eigenvalue weighted by molar-refractivity contribution is -0.130. The van der Waals surface area contributed by atoms with E-state index in [2.05, 4.69) is 0 Å². The number of carbonyl (C=O) groups is 2. The van der Waals surface area contributed by atoms with Crippen molar-refractivity contribution in [1.29, 1.82) is 0 Å². The van der Waals surface area contributed by atoms with Gasteiger partial charge in [-0.2, -0.15) is 0 Å². The van der Waals surface area contributed by atoms with Gasteiger partial charge in [0, 0.05) is 18.3 Å². The normalized spacial score (nSPS) is 15.6. The fraction of sp³-hybridized carbons (Fsp3) is 0.778. The first-order chi connectivity index (χ1) is 5.00. The van der Waals surface area contributed by atoms with Crippen LogP contribution >= 0.6 is 0 Å². The second kappa shape index (κ2) is 4.27. The van der Waals surface area contributed by atoms with E-state index in [0.29, 0.717) is 6.42 Å². The van der Waals surface area contributed by atoms with Gasteiger partial charge < -0.3 is 0 Å². The molecule has 0 aliphatic carbocycles. The topological polar surface area (TPSA) is 34.1 Å². The SMILES string of the molecule is CCC(=O)C(C)C(C)C(C)=O.